The van der Waals surface area contributed by atoms with Crippen LogP contribution in [-0.2, 0) is 12.3 Å². The van der Waals surface area contributed by atoms with Gasteiger partial charge in [0.05, 0.1) is 25.5 Å². The monoisotopic (exact) mass is 391 g/mol. The maximum absolute atomic E-state index is 5.51. The number of ether oxygens (including phenoxy) is 2. The van der Waals surface area contributed by atoms with Crippen molar-refractivity contribution >= 4 is 23.1 Å². The molecule has 0 N–H and O–H groups in total. The maximum atomic E-state index is 5.51. The van der Waals surface area contributed by atoms with Crippen LogP contribution in [-0.4, -0.2) is 39.4 Å². The highest BCUT2D eigenvalue weighted by molar-refractivity contribution is 7.98. The predicted molar refractivity (Wildman–Crippen MR) is 103 cm³/mol. The Morgan fingerprint density at radius 3 is 2.81 bits per heavy atom. The summed E-state index contributed by atoms with van der Waals surface area (Å²) >= 11 is 3.17. The molecule has 3 aromatic rings. The summed E-state index contributed by atoms with van der Waals surface area (Å²) in [6.07, 6.45) is 0. The molecule has 0 aliphatic heterocycles. The number of hydrogen-bond donors (Lipinski definition) is 0. The molecule has 26 heavy (non-hydrogen) atoms. The first-order valence-electron chi connectivity index (χ1n) is 8.17. The Labute approximate surface area is 160 Å². The van der Waals surface area contributed by atoms with Gasteiger partial charge in [0.25, 0.3) is 0 Å². The fraction of sp³-hybridized carbons (Fsp3) is 0.412. The molecule has 3 rings (SSSR count). The molecule has 9 heteroatoms. The van der Waals surface area contributed by atoms with Gasteiger partial charge in [0.1, 0.15) is 5.01 Å². The zero-order valence-electron chi connectivity index (χ0n) is 15.2. The standard InChI is InChI=1S/C17H21N5O2S2/c1-11(2)8-22-17(19-20-21-22)26-10-12-9-25-16(18-12)13-6-5-7-14(23-3)15(13)24-4/h5-7,9,11H,8,10H2,1-4H3. The van der Waals surface area contributed by atoms with Gasteiger partial charge < -0.3 is 9.47 Å². The van der Waals surface area contributed by atoms with Gasteiger partial charge in [0, 0.05) is 17.7 Å². The number of thiazole rings is 1. The first kappa shape index (κ1) is 18.7. The van der Waals surface area contributed by atoms with E-state index in [1.165, 1.54) is 0 Å². The molecule has 0 radical (unpaired) electrons. The van der Waals surface area contributed by atoms with E-state index in [0.29, 0.717) is 23.2 Å². The lowest BCUT2D eigenvalue weighted by Gasteiger charge is -2.10. The van der Waals surface area contributed by atoms with Gasteiger partial charge >= 0.3 is 0 Å². The second-order valence-electron chi connectivity index (χ2n) is 6.01. The lowest BCUT2D eigenvalue weighted by molar-refractivity contribution is 0.356. The van der Waals surface area contributed by atoms with Gasteiger partial charge in [-0.3, -0.25) is 0 Å². The van der Waals surface area contributed by atoms with Crippen molar-refractivity contribution in [1.29, 1.82) is 0 Å². The molecule has 2 aromatic heterocycles. The van der Waals surface area contributed by atoms with Crippen LogP contribution in [0.4, 0.5) is 0 Å². The van der Waals surface area contributed by atoms with Gasteiger partial charge in [0.2, 0.25) is 5.16 Å². The summed E-state index contributed by atoms with van der Waals surface area (Å²) in [5.41, 5.74) is 1.91. The number of rotatable bonds is 8. The van der Waals surface area contributed by atoms with Crippen LogP contribution in [0.2, 0.25) is 0 Å². The molecule has 0 atom stereocenters. The Balaban J connectivity index is 1.74. The second kappa shape index (κ2) is 8.50. The minimum absolute atomic E-state index is 0.490. The fourth-order valence-corrected chi connectivity index (χ4v) is 4.18. The molecule has 0 saturated heterocycles. The first-order chi connectivity index (χ1) is 12.6. The third-order valence-electron chi connectivity index (χ3n) is 3.57. The van der Waals surface area contributed by atoms with E-state index in [1.54, 1.807) is 37.3 Å². The zero-order valence-corrected chi connectivity index (χ0v) is 16.8. The molecule has 0 unspecified atom stereocenters. The molecule has 0 amide bonds. The molecule has 2 heterocycles. The van der Waals surface area contributed by atoms with Crippen molar-refractivity contribution in [3.8, 4) is 22.1 Å². The van der Waals surface area contributed by atoms with E-state index in [0.717, 1.165) is 28.0 Å². The Bertz CT molecular complexity index is 862. The molecular weight excluding hydrogens is 370 g/mol. The molecule has 0 aliphatic rings. The van der Waals surface area contributed by atoms with E-state index in [-0.39, 0.29) is 0 Å². The van der Waals surface area contributed by atoms with Gasteiger partial charge in [-0.2, -0.15) is 0 Å². The van der Waals surface area contributed by atoms with Crippen molar-refractivity contribution in [3.05, 3.63) is 29.3 Å². The Kier molecular flexibility index (Phi) is 6.10. The molecule has 1 aromatic carbocycles. The molecule has 0 aliphatic carbocycles. The number of thioether (sulfide) groups is 1. The molecule has 138 valence electrons. The van der Waals surface area contributed by atoms with Crippen molar-refractivity contribution in [2.45, 2.75) is 31.3 Å². The van der Waals surface area contributed by atoms with Gasteiger partial charge in [-0.1, -0.05) is 31.7 Å². The summed E-state index contributed by atoms with van der Waals surface area (Å²) < 4.78 is 12.7. The SMILES string of the molecule is COc1cccc(-c2nc(CSc3nnnn3CC(C)C)cs2)c1OC. The van der Waals surface area contributed by atoms with Crippen LogP contribution in [0.25, 0.3) is 10.6 Å². The summed E-state index contributed by atoms with van der Waals surface area (Å²) in [4.78, 5) is 4.74. The average molecular weight is 392 g/mol. The van der Waals surface area contributed by atoms with E-state index < -0.39 is 0 Å². The number of para-hydroxylation sites is 1. The Morgan fingerprint density at radius 2 is 2.08 bits per heavy atom. The summed E-state index contributed by atoms with van der Waals surface area (Å²) in [6, 6.07) is 5.80. The number of benzene rings is 1. The third kappa shape index (κ3) is 4.16. The highest BCUT2D eigenvalue weighted by atomic mass is 32.2. The molecular formula is C17H21N5O2S2. The first-order valence-corrected chi connectivity index (χ1v) is 10.0. The highest BCUT2D eigenvalue weighted by Gasteiger charge is 2.15. The number of hydrogen-bond acceptors (Lipinski definition) is 8. The maximum Gasteiger partial charge on any atom is 0.209 e. The van der Waals surface area contributed by atoms with Crippen LogP contribution < -0.4 is 9.47 Å². The Morgan fingerprint density at radius 1 is 1.23 bits per heavy atom. The molecule has 0 fully saturated rings. The number of methoxy groups -OCH3 is 2. The van der Waals surface area contributed by atoms with E-state index in [9.17, 15) is 0 Å². The topological polar surface area (TPSA) is 75.0 Å². The molecule has 0 bridgehead atoms. The van der Waals surface area contributed by atoms with E-state index in [2.05, 4.69) is 34.8 Å². The molecule has 7 nitrogen and oxygen atoms in total. The van der Waals surface area contributed by atoms with Crippen molar-refractivity contribution in [1.82, 2.24) is 25.2 Å². The average Bonchev–Trinajstić information content (AvgIpc) is 3.28. The van der Waals surface area contributed by atoms with Crippen molar-refractivity contribution in [3.63, 3.8) is 0 Å². The van der Waals surface area contributed by atoms with Gasteiger partial charge in [-0.15, -0.1) is 16.4 Å². The largest absolute Gasteiger partial charge is 0.493 e. The van der Waals surface area contributed by atoms with E-state index in [1.807, 2.05) is 22.9 Å². The molecule has 0 spiro atoms. The van der Waals surface area contributed by atoms with Gasteiger partial charge in [-0.25, -0.2) is 9.67 Å². The summed E-state index contributed by atoms with van der Waals surface area (Å²) in [5, 5.41) is 15.7. The van der Waals surface area contributed by atoms with Crippen LogP contribution >= 0.6 is 23.1 Å². The lowest BCUT2D eigenvalue weighted by Crippen LogP contribution is -2.07. The Hall–Kier alpha value is -2.13. The fourth-order valence-electron chi connectivity index (χ4n) is 2.45. The van der Waals surface area contributed by atoms with Crippen LogP contribution in [0.1, 0.15) is 19.5 Å². The van der Waals surface area contributed by atoms with Crippen LogP contribution in [0.15, 0.2) is 28.7 Å². The zero-order chi connectivity index (χ0) is 18.5. The highest BCUT2D eigenvalue weighted by Crippen LogP contribution is 2.39. The quantitative estimate of drug-likeness (QED) is 0.541. The normalized spacial score (nSPS) is 11.1. The van der Waals surface area contributed by atoms with E-state index >= 15 is 0 Å². The number of aromatic nitrogens is 5. The smallest absolute Gasteiger partial charge is 0.209 e. The minimum Gasteiger partial charge on any atom is -0.493 e. The minimum atomic E-state index is 0.490. The predicted octanol–water partition coefficient (Wildman–Crippen LogP) is 3.76. The van der Waals surface area contributed by atoms with Crippen LogP contribution in [0.5, 0.6) is 11.5 Å². The summed E-state index contributed by atoms with van der Waals surface area (Å²) in [7, 11) is 3.27. The van der Waals surface area contributed by atoms with E-state index in [4.69, 9.17) is 14.5 Å². The van der Waals surface area contributed by atoms with Gasteiger partial charge in [0.15, 0.2) is 11.5 Å². The van der Waals surface area contributed by atoms with Crippen LogP contribution in [0, 0.1) is 5.92 Å². The van der Waals surface area contributed by atoms with Crippen molar-refractivity contribution < 1.29 is 9.47 Å². The third-order valence-corrected chi connectivity index (χ3v) is 5.49. The molecule has 0 saturated carbocycles. The van der Waals surface area contributed by atoms with Gasteiger partial charge in [-0.05, 0) is 28.5 Å². The summed E-state index contributed by atoms with van der Waals surface area (Å²) in [6.45, 7) is 5.09. The van der Waals surface area contributed by atoms with Crippen LogP contribution in [0.3, 0.4) is 0 Å². The second-order valence-corrected chi connectivity index (χ2v) is 7.81. The lowest BCUT2D eigenvalue weighted by atomic mass is 10.2. The summed E-state index contributed by atoms with van der Waals surface area (Å²) in [5.74, 6) is 2.60. The van der Waals surface area contributed by atoms with Crippen molar-refractivity contribution in [2.75, 3.05) is 14.2 Å². The number of nitrogens with zero attached hydrogens (tertiary/aromatic N) is 5. The number of tetrazole rings is 1. The van der Waals surface area contributed by atoms with Crippen molar-refractivity contribution in [2.24, 2.45) is 5.92 Å².